The van der Waals surface area contributed by atoms with E-state index in [2.05, 4.69) is 0 Å². The van der Waals surface area contributed by atoms with E-state index in [4.69, 9.17) is 0 Å². The van der Waals surface area contributed by atoms with Crippen molar-refractivity contribution in [3.8, 4) is 22.3 Å². The standard InChI is InChI=1S/C26H8F10/c27-9-4-5-10(15(29)6-9)18-11-2-1-3-14(28)19(11)20(13-8-17(31)16(30)7-12(13)18)21-22(32)24(34)26(36)25(35)23(21)33/h1-8H. The number of fused-ring (bicyclic) bond motifs is 2. The fourth-order valence-electron chi connectivity index (χ4n) is 4.29. The van der Waals surface area contributed by atoms with Gasteiger partial charge in [-0.15, -0.1) is 0 Å². The molecule has 0 aliphatic heterocycles. The second-order valence-electron chi connectivity index (χ2n) is 7.79. The number of rotatable bonds is 2. The van der Waals surface area contributed by atoms with Crippen molar-refractivity contribution in [1.82, 2.24) is 0 Å². The van der Waals surface area contributed by atoms with Crippen molar-refractivity contribution in [2.24, 2.45) is 0 Å². The third-order valence-corrected chi connectivity index (χ3v) is 5.79. The Morgan fingerprint density at radius 3 is 1.53 bits per heavy atom. The highest BCUT2D eigenvalue weighted by Gasteiger charge is 2.31. The summed E-state index contributed by atoms with van der Waals surface area (Å²) in [6.45, 7) is 0. The second-order valence-corrected chi connectivity index (χ2v) is 7.79. The molecule has 182 valence electrons. The molecule has 0 aliphatic carbocycles. The zero-order valence-corrected chi connectivity index (χ0v) is 17.4. The van der Waals surface area contributed by atoms with Crippen LogP contribution in [-0.2, 0) is 0 Å². The molecule has 0 spiro atoms. The van der Waals surface area contributed by atoms with Gasteiger partial charge >= 0.3 is 0 Å². The summed E-state index contributed by atoms with van der Waals surface area (Å²) in [5.41, 5.74) is -3.32. The maximum Gasteiger partial charge on any atom is 0.200 e. The SMILES string of the molecule is Fc1ccc(-c2c3cc(F)c(F)cc3c(-c3c(F)c(F)c(F)c(F)c3F)c3c(F)cccc23)c(F)c1. The van der Waals surface area contributed by atoms with Crippen molar-refractivity contribution in [1.29, 1.82) is 0 Å². The zero-order chi connectivity index (χ0) is 26.0. The summed E-state index contributed by atoms with van der Waals surface area (Å²) in [5, 5.41) is -2.26. The van der Waals surface area contributed by atoms with Gasteiger partial charge in [0.1, 0.15) is 17.5 Å². The Morgan fingerprint density at radius 2 is 0.944 bits per heavy atom. The van der Waals surface area contributed by atoms with Crippen LogP contribution in [0.3, 0.4) is 0 Å². The molecule has 0 bridgehead atoms. The average Bonchev–Trinajstić information content (AvgIpc) is 2.83. The van der Waals surface area contributed by atoms with Crippen LogP contribution in [0.4, 0.5) is 43.9 Å². The summed E-state index contributed by atoms with van der Waals surface area (Å²) in [6, 6.07) is 6.08. The van der Waals surface area contributed by atoms with Gasteiger partial charge in [-0.3, -0.25) is 0 Å². The first-order valence-corrected chi connectivity index (χ1v) is 10.0. The Labute approximate surface area is 195 Å². The molecule has 10 heteroatoms. The Bertz CT molecular complexity index is 1710. The lowest BCUT2D eigenvalue weighted by Gasteiger charge is -2.19. The smallest absolute Gasteiger partial charge is 0.200 e. The predicted octanol–water partition coefficient (Wildman–Crippen LogP) is 8.72. The van der Waals surface area contributed by atoms with Gasteiger partial charge in [0.05, 0.1) is 5.56 Å². The lowest BCUT2D eigenvalue weighted by molar-refractivity contribution is 0.381. The quantitative estimate of drug-likeness (QED) is 0.0965. The van der Waals surface area contributed by atoms with Crippen molar-refractivity contribution >= 4 is 21.5 Å². The molecular formula is C26H8F10. The van der Waals surface area contributed by atoms with Crippen LogP contribution in [0.1, 0.15) is 0 Å². The largest absolute Gasteiger partial charge is 0.207 e. The summed E-state index contributed by atoms with van der Waals surface area (Å²) < 4.78 is 144. The van der Waals surface area contributed by atoms with Gasteiger partial charge < -0.3 is 0 Å². The molecule has 0 N–H and O–H groups in total. The molecule has 0 nitrogen and oxygen atoms in total. The van der Waals surface area contributed by atoms with Crippen LogP contribution >= 0.6 is 0 Å². The van der Waals surface area contributed by atoms with Gasteiger partial charge in [-0.2, -0.15) is 0 Å². The van der Waals surface area contributed by atoms with Crippen molar-refractivity contribution in [2.45, 2.75) is 0 Å². The van der Waals surface area contributed by atoms with Crippen LogP contribution in [0.2, 0.25) is 0 Å². The molecule has 0 heterocycles. The molecular weight excluding hydrogens is 502 g/mol. The van der Waals surface area contributed by atoms with Crippen LogP contribution in [0.25, 0.3) is 43.8 Å². The maximum absolute atomic E-state index is 15.2. The molecule has 0 saturated carbocycles. The fourth-order valence-corrected chi connectivity index (χ4v) is 4.29. The predicted molar refractivity (Wildman–Crippen MR) is 112 cm³/mol. The average molecular weight is 510 g/mol. The van der Waals surface area contributed by atoms with E-state index in [1.807, 2.05) is 0 Å². The highest BCUT2D eigenvalue weighted by Crippen LogP contribution is 2.47. The lowest BCUT2D eigenvalue weighted by atomic mass is 9.85. The highest BCUT2D eigenvalue weighted by molar-refractivity contribution is 6.21. The monoisotopic (exact) mass is 510 g/mol. The van der Waals surface area contributed by atoms with E-state index in [0.717, 1.165) is 30.3 Å². The number of halogens is 10. The molecule has 5 rings (SSSR count). The number of hydrogen-bond donors (Lipinski definition) is 0. The minimum atomic E-state index is -2.48. The third-order valence-electron chi connectivity index (χ3n) is 5.79. The topological polar surface area (TPSA) is 0 Å². The molecule has 36 heavy (non-hydrogen) atoms. The molecule has 0 fully saturated rings. The highest BCUT2D eigenvalue weighted by atomic mass is 19.2. The minimum Gasteiger partial charge on any atom is -0.207 e. The summed E-state index contributed by atoms with van der Waals surface area (Å²) >= 11 is 0. The maximum atomic E-state index is 15.2. The van der Waals surface area contributed by atoms with Crippen molar-refractivity contribution in [3.05, 3.63) is 107 Å². The van der Waals surface area contributed by atoms with Crippen molar-refractivity contribution < 1.29 is 43.9 Å². The molecule has 5 aromatic carbocycles. The number of hydrogen-bond acceptors (Lipinski definition) is 0. The summed E-state index contributed by atoms with van der Waals surface area (Å²) in [4.78, 5) is 0. The van der Waals surface area contributed by atoms with Crippen LogP contribution in [0, 0.1) is 58.2 Å². The summed E-state index contributed by atoms with van der Waals surface area (Å²) in [5.74, 6) is -18.4. The second kappa shape index (κ2) is 8.25. The van der Waals surface area contributed by atoms with Crippen molar-refractivity contribution in [3.63, 3.8) is 0 Å². The van der Waals surface area contributed by atoms with Gasteiger partial charge in [0.15, 0.2) is 34.9 Å². The Hall–Kier alpha value is -4.08. The van der Waals surface area contributed by atoms with E-state index in [1.165, 1.54) is 0 Å². The first-order valence-electron chi connectivity index (χ1n) is 10.0. The molecule has 0 atom stereocenters. The lowest BCUT2D eigenvalue weighted by Crippen LogP contribution is -2.06. The third kappa shape index (κ3) is 3.31. The Morgan fingerprint density at radius 1 is 0.389 bits per heavy atom. The molecule has 0 unspecified atom stereocenters. The first kappa shape index (κ1) is 23.7. The first-order chi connectivity index (χ1) is 17.0. The molecule has 0 aliphatic rings. The van der Waals surface area contributed by atoms with Crippen LogP contribution < -0.4 is 0 Å². The van der Waals surface area contributed by atoms with Gasteiger partial charge in [-0.1, -0.05) is 12.1 Å². The van der Waals surface area contributed by atoms with E-state index in [-0.39, 0.29) is 10.9 Å². The van der Waals surface area contributed by atoms with E-state index in [9.17, 15) is 39.5 Å². The zero-order valence-electron chi connectivity index (χ0n) is 17.4. The molecule has 0 aromatic heterocycles. The Balaban J connectivity index is 2.13. The summed E-state index contributed by atoms with van der Waals surface area (Å²) in [7, 11) is 0. The summed E-state index contributed by atoms with van der Waals surface area (Å²) in [6.07, 6.45) is 0. The molecule has 0 amide bonds. The molecule has 0 saturated heterocycles. The van der Waals surface area contributed by atoms with E-state index in [1.54, 1.807) is 0 Å². The van der Waals surface area contributed by atoms with Gasteiger partial charge in [0, 0.05) is 28.1 Å². The molecule has 0 radical (unpaired) electrons. The van der Waals surface area contributed by atoms with E-state index >= 15 is 4.39 Å². The van der Waals surface area contributed by atoms with E-state index in [0.29, 0.717) is 18.2 Å². The van der Waals surface area contributed by atoms with Crippen LogP contribution in [-0.4, -0.2) is 0 Å². The van der Waals surface area contributed by atoms with Gasteiger partial charge in [-0.25, -0.2) is 43.9 Å². The Kier molecular flexibility index (Phi) is 5.42. The number of benzene rings is 5. The minimum absolute atomic E-state index is 0.330. The van der Waals surface area contributed by atoms with Crippen LogP contribution in [0.15, 0.2) is 48.5 Å². The van der Waals surface area contributed by atoms with Crippen molar-refractivity contribution in [2.75, 3.05) is 0 Å². The normalized spacial score (nSPS) is 11.6. The molecule has 5 aromatic rings. The van der Waals surface area contributed by atoms with E-state index < -0.39 is 91.0 Å². The van der Waals surface area contributed by atoms with Gasteiger partial charge in [0.25, 0.3) is 0 Å². The fraction of sp³-hybridized carbons (Fsp3) is 0. The van der Waals surface area contributed by atoms with Crippen LogP contribution in [0.5, 0.6) is 0 Å². The van der Waals surface area contributed by atoms with Gasteiger partial charge in [-0.05, 0) is 46.5 Å². The van der Waals surface area contributed by atoms with Gasteiger partial charge in [0.2, 0.25) is 5.82 Å².